The molecule has 0 aliphatic rings. The van der Waals surface area contributed by atoms with E-state index in [0.717, 1.165) is 5.69 Å². The Labute approximate surface area is 164 Å². The molecule has 9 heteroatoms. The largest absolute Gasteiger partial charge is 0.280 e. The SMILES string of the molecule is O=S(=O)(Nc1ccc(N=Nc2ccccc2)cc1)c1cnc(Cl)c(Br)c1. The van der Waals surface area contributed by atoms with Crippen LogP contribution in [0.5, 0.6) is 0 Å². The van der Waals surface area contributed by atoms with Crippen LogP contribution in [0.4, 0.5) is 17.1 Å². The average Bonchev–Trinajstić information content (AvgIpc) is 2.64. The molecule has 0 saturated heterocycles. The monoisotopic (exact) mass is 450 g/mol. The van der Waals surface area contributed by atoms with Gasteiger partial charge in [0, 0.05) is 11.9 Å². The summed E-state index contributed by atoms with van der Waals surface area (Å²) in [7, 11) is -3.78. The van der Waals surface area contributed by atoms with E-state index in [1.54, 1.807) is 24.3 Å². The lowest BCUT2D eigenvalue weighted by Crippen LogP contribution is -2.13. The van der Waals surface area contributed by atoms with Gasteiger partial charge >= 0.3 is 0 Å². The van der Waals surface area contributed by atoms with Crippen molar-refractivity contribution in [1.29, 1.82) is 0 Å². The van der Waals surface area contributed by atoms with Crippen molar-refractivity contribution in [2.75, 3.05) is 4.72 Å². The Morgan fingerprint density at radius 3 is 2.19 bits per heavy atom. The van der Waals surface area contributed by atoms with Gasteiger partial charge in [-0.15, -0.1) is 0 Å². The topological polar surface area (TPSA) is 83.8 Å². The van der Waals surface area contributed by atoms with Crippen LogP contribution in [0.25, 0.3) is 0 Å². The van der Waals surface area contributed by atoms with Gasteiger partial charge in [0.05, 0.1) is 15.8 Å². The number of aromatic nitrogens is 1. The molecule has 0 bridgehead atoms. The highest BCUT2D eigenvalue weighted by molar-refractivity contribution is 9.10. The van der Waals surface area contributed by atoms with Crippen LogP contribution in [0, 0.1) is 0 Å². The Morgan fingerprint density at radius 2 is 1.58 bits per heavy atom. The first kappa shape index (κ1) is 18.5. The summed E-state index contributed by atoms with van der Waals surface area (Å²) in [6.45, 7) is 0. The first-order valence-corrected chi connectivity index (χ1v) is 10.0. The van der Waals surface area contributed by atoms with Gasteiger partial charge in [-0.25, -0.2) is 13.4 Å². The Balaban J connectivity index is 1.74. The molecule has 0 amide bonds. The minimum atomic E-state index is -3.78. The fourth-order valence-corrected chi connectivity index (χ4v) is 3.60. The molecule has 0 fully saturated rings. The van der Waals surface area contributed by atoms with E-state index < -0.39 is 10.0 Å². The number of hydrogen-bond donors (Lipinski definition) is 1. The number of rotatable bonds is 5. The lowest BCUT2D eigenvalue weighted by Gasteiger charge is -2.08. The highest BCUT2D eigenvalue weighted by atomic mass is 79.9. The zero-order valence-electron chi connectivity index (χ0n) is 13.2. The molecular weight excluding hydrogens is 440 g/mol. The summed E-state index contributed by atoms with van der Waals surface area (Å²) >= 11 is 8.95. The maximum absolute atomic E-state index is 12.4. The minimum Gasteiger partial charge on any atom is -0.280 e. The van der Waals surface area contributed by atoms with Crippen molar-refractivity contribution in [3.8, 4) is 0 Å². The third kappa shape index (κ3) is 4.66. The van der Waals surface area contributed by atoms with E-state index >= 15 is 0 Å². The van der Waals surface area contributed by atoms with Crippen LogP contribution >= 0.6 is 27.5 Å². The second-order valence-corrected chi connectivity index (χ2v) is 8.03. The first-order valence-electron chi connectivity index (χ1n) is 7.35. The highest BCUT2D eigenvalue weighted by Crippen LogP contribution is 2.25. The van der Waals surface area contributed by atoms with Gasteiger partial charge in [0.2, 0.25) is 0 Å². The quantitative estimate of drug-likeness (QED) is 0.398. The molecule has 6 nitrogen and oxygen atoms in total. The molecule has 2 aromatic carbocycles. The van der Waals surface area contributed by atoms with Gasteiger partial charge in [0.1, 0.15) is 10.0 Å². The lowest BCUT2D eigenvalue weighted by atomic mass is 10.3. The molecule has 0 radical (unpaired) electrons. The van der Waals surface area contributed by atoms with Gasteiger partial charge in [-0.2, -0.15) is 10.2 Å². The summed E-state index contributed by atoms with van der Waals surface area (Å²) in [5.74, 6) is 0. The molecule has 3 aromatic rings. The van der Waals surface area contributed by atoms with Crippen molar-refractivity contribution < 1.29 is 8.42 Å². The maximum atomic E-state index is 12.4. The van der Waals surface area contributed by atoms with Crippen LogP contribution in [0.2, 0.25) is 5.15 Å². The van der Waals surface area contributed by atoms with E-state index in [-0.39, 0.29) is 10.0 Å². The molecule has 1 aromatic heterocycles. The predicted octanol–water partition coefficient (Wildman–Crippen LogP) is 5.71. The minimum absolute atomic E-state index is 0.00150. The van der Waals surface area contributed by atoms with E-state index in [1.807, 2.05) is 30.3 Å². The van der Waals surface area contributed by atoms with Gasteiger partial charge in [0.15, 0.2) is 0 Å². The first-order chi connectivity index (χ1) is 12.4. The van der Waals surface area contributed by atoms with Crippen molar-refractivity contribution in [2.45, 2.75) is 4.90 Å². The van der Waals surface area contributed by atoms with Crippen molar-refractivity contribution in [3.63, 3.8) is 0 Å². The molecule has 0 spiro atoms. The fraction of sp³-hybridized carbons (Fsp3) is 0. The number of nitrogens with one attached hydrogen (secondary N) is 1. The number of benzene rings is 2. The van der Waals surface area contributed by atoms with Crippen LogP contribution in [0.3, 0.4) is 0 Å². The molecule has 0 saturated carbocycles. The predicted molar refractivity (Wildman–Crippen MR) is 105 cm³/mol. The number of hydrogen-bond acceptors (Lipinski definition) is 5. The van der Waals surface area contributed by atoms with Gasteiger partial charge in [0.25, 0.3) is 10.0 Å². The van der Waals surface area contributed by atoms with Crippen molar-refractivity contribution in [1.82, 2.24) is 4.98 Å². The van der Waals surface area contributed by atoms with E-state index in [4.69, 9.17) is 11.6 Å². The van der Waals surface area contributed by atoms with Crippen LogP contribution in [-0.2, 0) is 10.0 Å². The molecular formula is C17H12BrClN4O2S. The van der Waals surface area contributed by atoms with Crippen LogP contribution in [0.1, 0.15) is 0 Å². The molecule has 1 N–H and O–H groups in total. The molecule has 0 unspecified atom stereocenters. The fourth-order valence-electron chi connectivity index (χ4n) is 1.97. The number of azo groups is 1. The molecule has 0 atom stereocenters. The molecule has 0 aliphatic carbocycles. The van der Waals surface area contributed by atoms with E-state index in [9.17, 15) is 8.42 Å². The normalized spacial score (nSPS) is 11.6. The number of halogens is 2. The number of nitrogens with zero attached hydrogens (tertiary/aromatic N) is 3. The molecule has 3 rings (SSSR count). The summed E-state index contributed by atoms with van der Waals surface area (Å²) in [6, 6.07) is 17.3. The zero-order valence-corrected chi connectivity index (χ0v) is 16.3. The van der Waals surface area contributed by atoms with Crippen LogP contribution in [0.15, 0.2) is 86.5 Å². The third-order valence-corrected chi connectivity index (χ3v) is 5.72. The molecule has 0 aliphatic heterocycles. The summed E-state index contributed by atoms with van der Waals surface area (Å²) in [4.78, 5) is 3.83. The summed E-state index contributed by atoms with van der Waals surface area (Å²) < 4.78 is 27.7. The zero-order chi connectivity index (χ0) is 18.6. The lowest BCUT2D eigenvalue weighted by molar-refractivity contribution is 0.600. The van der Waals surface area contributed by atoms with E-state index in [0.29, 0.717) is 15.8 Å². The van der Waals surface area contributed by atoms with E-state index in [2.05, 4.69) is 35.9 Å². The molecule has 132 valence electrons. The Kier molecular flexibility index (Phi) is 5.65. The summed E-state index contributed by atoms with van der Waals surface area (Å²) in [6.07, 6.45) is 1.19. The van der Waals surface area contributed by atoms with Gasteiger partial charge < -0.3 is 0 Å². The smallest absolute Gasteiger partial charge is 0.263 e. The van der Waals surface area contributed by atoms with Crippen molar-refractivity contribution in [3.05, 3.63) is 76.5 Å². The van der Waals surface area contributed by atoms with Gasteiger partial charge in [-0.3, -0.25) is 4.72 Å². The third-order valence-electron chi connectivity index (χ3n) is 3.24. The summed E-state index contributed by atoms with van der Waals surface area (Å²) in [5, 5.41) is 8.41. The van der Waals surface area contributed by atoms with Crippen molar-refractivity contribution >= 4 is 54.6 Å². The number of pyridine rings is 1. The van der Waals surface area contributed by atoms with Crippen LogP contribution < -0.4 is 4.72 Å². The Hall–Kier alpha value is -2.29. The van der Waals surface area contributed by atoms with Gasteiger partial charge in [-0.1, -0.05) is 29.8 Å². The molecule has 1 heterocycles. The number of sulfonamides is 1. The van der Waals surface area contributed by atoms with Crippen molar-refractivity contribution in [2.24, 2.45) is 10.2 Å². The second kappa shape index (κ2) is 7.94. The standard InChI is InChI=1S/C17H12BrClN4O2S/c18-16-10-15(11-20-17(16)19)26(24,25)23-14-8-6-13(7-9-14)22-21-12-4-2-1-3-5-12/h1-11,23H. The number of anilines is 1. The van der Waals surface area contributed by atoms with Crippen LogP contribution in [-0.4, -0.2) is 13.4 Å². The van der Waals surface area contributed by atoms with E-state index in [1.165, 1.54) is 12.3 Å². The summed E-state index contributed by atoms with van der Waals surface area (Å²) in [5.41, 5.74) is 1.74. The Bertz CT molecular complexity index is 1040. The maximum Gasteiger partial charge on any atom is 0.263 e. The van der Waals surface area contributed by atoms with Gasteiger partial charge in [-0.05, 0) is 58.4 Å². The second-order valence-electron chi connectivity index (χ2n) is 5.13. The molecule has 26 heavy (non-hydrogen) atoms. The Morgan fingerprint density at radius 1 is 0.962 bits per heavy atom. The average molecular weight is 452 g/mol. The highest BCUT2D eigenvalue weighted by Gasteiger charge is 2.16.